The second kappa shape index (κ2) is 13.6. The first-order valence-electron chi connectivity index (χ1n) is 12.7. The molecule has 1 atom stereocenters. The monoisotopic (exact) mass is 573 g/mol. The minimum atomic E-state index is -4.19. The second-order valence-corrected chi connectivity index (χ2v) is 11.5. The molecule has 0 unspecified atom stereocenters. The summed E-state index contributed by atoms with van der Waals surface area (Å²) in [6.45, 7) is 4.97. The minimum absolute atomic E-state index is 0.00172. The van der Waals surface area contributed by atoms with Crippen molar-refractivity contribution in [3.63, 3.8) is 0 Å². The average molecular weight is 574 g/mol. The third-order valence-corrected chi connectivity index (χ3v) is 8.34. The van der Waals surface area contributed by atoms with Crippen molar-refractivity contribution in [1.29, 1.82) is 0 Å². The second-order valence-electron chi connectivity index (χ2n) is 9.23. The van der Waals surface area contributed by atoms with Crippen molar-refractivity contribution >= 4 is 39.1 Å². The number of rotatable bonds is 12. The number of unbranched alkanes of at least 4 members (excludes halogenated alkanes) is 1. The number of nitrogens with zero attached hydrogens (tertiary/aromatic N) is 2. The van der Waals surface area contributed by atoms with E-state index in [4.69, 9.17) is 11.6 Å². The van der Waals surface area contributed by atoms with Gasteiger partial charge in [-0.05, 0) is 62.7 Å². The summed E-state index contributed by atoms with van der Waals surface area (Å²) in [5, 5.41) is 3.20. The van der Waals surface area contributed by atoms with Gasteiger partial charge in [0, 0.05) is 23.7 Å². The Bertz CT molecular complexity index is 1380. The molecule has 0 spiro atoms. The number of sulfonamides is 1. The summed E-state index contributed by atoms with van der Waals surface area (Å²) >= 11 is 6.03. The molecule has 0 fully saturated rings. The molecule has 2 amide bonds. The highest BCUT2D eigenvalue weighted by molar-refractivity contribution is 7.92. The first-order chi connectivity index (χ1) is 18.5. The Morgan fingerprint density at radius 1 is 1.00 bits per heavy atom. The summed E-state index contributed by atoms with van der Waals surface area (Å²) in [5.74, 6) is -1.61. The molecular formula is C29H33ClFN3O4S. The standard InChI is InChI=1S/C29H33ClFN3O4S/c1-4-5-18-32-29(36)22(3)33(19-23-8-6-7-9-27(23)31)28(35)20-34(25-14-12-24(30)13-15-25)39(37,38)26-16-10-21(2)11-17-26/h6-17,22H,4-5,18-20H2,1-3H3,(H,32,36)/t22-/m1/s1. The summed E-state index contributed by atoms with van der Waals surface area (Å²) in [6, 6.07) is 17.3. The van der Waals surface area contributed by atoms with Crippen LogP contribution < -0.4 is 9.62 Å². The van der Waals surface area contributed by atoms with Gasteiger partial charge in [0.05, 0.1) is 10.6 Å². The van der Waals surface area contributed by atoms with Crippen LogP contribution in [0.25, 0.3) is 0 Å². The lowest BCUT2D eigenvalue weighted by atomic mass is 10.1. The molecule has 0 bridgehead atoms. The first-order valence-corrected chi connectivity index (χ1v) is 14.5. The Balaban J connectivity index is 2.00. The third kappa shape index (κ3) is 7.80. The van der Waals surface area contributed by atoms with Crippen LogP contribution in [-0.4, -0.2) is 44.3 Å². The highest BCUT2D eigenvalue weighted by Gasteiger charge is 2.32. The summed E-state index contributed by atoms with van der Waals surface area (Å²) in [7, 11) is -4.19. The first kappa shape index (κ1) is 30.1. The van der Waals surface area contributed by atoms with Crippen molar-refractivity contribution in [2.45, 2.75) is 51.1 Å². The van der Waals surface area contributed by atoms with Crippen molar-refractivity contribution < 1.29 is 22.4 Å². The van der Waals surface area contributed by atoms with Crippen LogP contribution in [0.2, 0.25) is 5.02 Å². The van der Waals surface area contributed by atoms with Crippen LogP contribution in [0, 0.1) is 12.7 Å². The van der Waals surface area contributed by atoms with E-state index in [1.807, 2.05) is 13.8 Å². The number of carbonyl (C=O) groups excluding carboxylic acids is 2. The number of hydrogen-bond donors (Lipinski definition) is 1. The van der Waals surface area contributed by atoms with Crippen LogP contribution in [0.1, 0.15) is 37.8 Å². The molecule has 0 aliphatic heterocycles. The largest absolute Gasteiger partial charge is 0.354 e. The van der Waals surface area contributed by atoms with Crippen molar-refractivity contribution in [2.24, 2.45) is 0 Å². The van der Waals surface area contributed by atoms with Crippen LogP contribution in [0.4, 0.5) is 10.1 Å². The van der Waals surface area contributed by atoms with Gasteiger partial charge in [0.15, 0.2) is 0 Å². The highest BCUT2D eigenvalue weighted by atomic mass is 35.5. The number of carbonyl (C=O) groups is 2. The molecule has 0 saturated carbocycles. The summed E-state index contributed by atoms with van der Waals surface area (Å²) in [6.07, 6.45) is 1.64. The Kier molecular flexibility index (Phi) is 10.5. The van der Waals surface area contributed by atoms with Crippen LogP contribution in [-0.2, 0) is 26.2 Å². The van der Waals surface area contributed by atoms with E-state index < -0.39 is 40.2 Å². The fourth-order valence-electron chi connectivity index (χ4n) is 3.90. The molecule has 0 aliphatic rings. The van der Waals surface area contributed by atoms with E-state index in [1.54, 1.807) is 25.1 Å². The molecular weight excluding hydrogens is 541 g/mol. The fraction of sp³-hybridized carbons (Fsp3) is 0.310. The third-order valence-electron chi connectivity index (χ3n) is 6.30. The van der Waals surface area contributed by atoms with Crippen molar-refractivity contribution in [3.05, 3.63) is 94.8 Å². The summed E-state index contributed by atoms with van der Waals surface area (Å²) in [5.41, 5.74) is 1.31. The van der Waals surface area contributed by atoms with Crippen molar-refractivity contribution in [3.8, 4) is 0 Å². The Labute approximate surface area is 234 Å². The van der Waals surface area contributed by atoms with Crippen LogP contribution in [0.5, 0.6) is 0 Å². The van der Waals surface area contributed by atoms with E-state index >= 15 is 0 Å². The highest BCUT2D eigenvalue weighted by Crippen LogP contribution is 2.26. The SMILES string of the molecule is CCCCNC(=O)[C@@H](C)N(Cc1ccccc1F)C(=O)CN(c1ccc(Cl)cc1)S(=O)(=O)c1ccc(C)cc1. The van der Waals surface area contributed by atoms with Gasteiger partial charge in [-0.3, -0.25) is 13.9 Å². The molecule has 3 aromatic rings. The number of halogens is 2. The van der Waals surface area contributed by atoms with Gasteiger partial charge < -0.3 is 10.2 Å². The van der Waals surface area contributed by atoms with Gasteiger partial charge >= 0.3 is 0 Å². The van der Waals surface area contributed by atoms with E-state index in [2.05, 4.69) is 5.32 Å². The number of benzene rings is 3. The van der Waals surface area contributed by atoms with Crippen LogP contribution in [0.15, 0.2) is 77.7 Å². The predicted molar refractivity (Wildman–Crippen MR) is 151 cm³/mol. The zero-order valence-electron chi connectivity index (χ0n) is 22.2. The molecule has 0 heterocycles. The van der Waals surface area contributed by atoms with Gasteiger partial charge in [-0.1, -0.05) is 60.8 Å². The normalized spacial score (nSPS) is 12.0. The van der Waals surface area contributed by atoms with Crippen LogP contribution in [0.3, 0.4) is 0 Å². The number of amides is 2. The predicted octanol–water partition coefficient (Wildman–Crippen LogP) is 5.32. The van der Waals surface area contributed by atoms with Gasteiger partial charge in [0.1, 0.15) is 18.4 Å². The maximum atomic E-state index is 14.6. The molecule has 3 rings (SSSR count). The molecule has 0 saturated heterocycles. The van der Waals surface area contributed by atoms with Gasteiger partial charge in [-0.25, -0.2) is 12.8 Å². The molecule has 0 aliphatic carbocycles. The van der Waals surface area contributed by atoms with E-state index in [1.165, 1.54) is 59.5 Å². The number of hydrogen-bond acceptors (Lipinski definition) is 4. The molecule has 0 aromatic heterocycles. The maximum absolute atomic E-state index is 14.6. The zero-order valence-corrected chi connectivity index (χ0v) is 23.8. The fourth-order valence-corrected chi connectivity index (χ4v) is 5.44. The lowest BCUT2D eigenvalue weighted by Crippen LogP contribution is -2.51. The Hall–Kier alpha value is -3.43. The summed E-state index contributed by atoms with van der Waals surface area (Å²) < 4.78 is 43.1. The van der Waals surface area contributed by atoms with Gasteiger partial charge in [0.25, 0.3) is 10.0 Å². The number of nitrogens with one attached hydrogen (secondary N) is 1. The van der Waals surface area contributed by atoms with Gasteiger partial charge in [-0.15, -0.1) is 0 Å². The molecule has 39 heavy (non-hydrogen) atoms. The van der Waals surface area contributed by atoms with E-state index in [9.17, 15) is 22.4 Å². The summed E-state index contributed by atoms with van der Waals surface area (Å²) in [4.78, 5) is 27.9. The van der Waals surface area contributed by atoms with Crippen LogP contribution >= 0.6 is 11.6 Å². The lowest BCUT2D eigenvalue weighted by Gasteiger charge is -2.32. The maximum Gasteiger partial charge on any atom is 0.264 e. The van der Waals surface area contributed by atoms with E-state index in [-0.39, 0.29) is 22.7 Å². The quantitative estimate of drug-likeness (QED) is 0.297. The number of aryl methyl sites for hydroxylation is 1. The molecule has 208 valence electrons. The topological polar surface area (TPSA) is 86.8 Å². The number of anilines is 1. The molecule has 0 radical (unpaired) electrons. The molecule has 3 aromatic carbocycles. The minimum Gasteiger partial charge on any atom is -0.354 e. The van der Waals surface area contributed by atoms with Crippen molar-refractivity contribution in [1.82, 2.24) is 10.2 Å². The zero-order chi connectivity index (χ0) is 28.6. The Morgan fingerprint density at radius 3 is 2.26 bits per heavy atom. The average Bonchev–Trinajstić information content (AvgIpc) is 2.91. The lowest BCUT2D eigenvalue weighted by molar-refractivity contribution is -0.139. The van der Waals surface area contributed by atoms with Gasteiger partial charge in [0.2, 0.25) is 11.8 Å². The van der Waals surface area contributed by atoms with E-state index in [0.717, 1.165) is 22.7 Å². The van der Waals surface area contributed by atoms with E-state index in [0.29, 0.717) is 11.6 Å². The molecule has 1 N–H and O–H groups in total. The molecule has 7 nitrogen and oxygen atoms in total. The molecule has 10 heteroatoms. The smallest absolute Gasteiger partial charge is 0.264 e. The van der Waals surface area contributed by atoms with Crippen molar-refractivity contribution in [2.75, 3.05) is 17.4 Å². The van der Waals surface area contributed by atoms with Gasteiger partial charge in [-0.2, -0.15) is 0 Å². The Morgan fingerprint density at radius 2 is 1.64 bits per heavy atom.